The molecule has 0 aliphatic heterocycles. The van der Waals surface area contributed by atoms with Crippen LogP contribution in [0.1, 0.15) is 22.6 Å². The SMILES string of the molecule is O=C(NCc1cccc2ccccc12)C(c1ccccc1)c1ccccc1. The number of carbonyl (C=O) groups excluding carboxylic acids is 1. The van der Waals surface area contributed by atoms with Crippen LogP contribution in [-0.2, 0) is 11.3 Å². The zero-order valence-electron chi connectivity index (χ0n) is 15.0. The van der Waals surface area contributed by atoms with E-state index in [2.05, 4.69) is 29.6 Å². The van der Waals surface area contributed by atoms with Gasteiger partial charge in [-0.05, 0) is 27.5 Å². The number of fused-ring (bicyclic) bond motifs is 1. The molecule has 0 aliphatic rings. The lowest BCUT2D eigenvalue weighted by molar-refractivity contribution is -0.121. The number of nitrogens with one attached hydrogen (secondary N) is 1. The Hall–Kier alpha value is -3.39. The van der Waals surface area contributed by atoms with Crippen molar-refractivity contribution >= 4 is 16.7 Å². The second kappa shape index (κ2) is 7.88. The number of amides is 1. The van der Waals surface area contributed by atoms with E-state index in [4.69, 9.17) is 0 Å². The molecule has 2 nitrogen and oxygen atoms in total. The van der Waals surface area contributed by atoms with Crippen LogP contribution in [0.4, 0.5) is 0 Å². The van der Waals surface area contributed by atoms with Crippen LogP contribution in [0.15, 0.2) is 103 Å². The lowest BCUT2D eigenvalue weighted by atomic mass is 9.90. The van der Waals surface area contributed by atoms with Gasteiger partial charge in [-0.2, -0.15) is 0 Å². The van der Waals surface area contributed by atoms with Crippen LogP contribution in [0, 0.1) is 0 Å². The van der Waals surface area contributed by atoms with E-state index in [0.29, 0.717) is 6.54 Å². The second-order valence-electron chi connectivity index (χ2n) is 6.61. The summed E-state index contributed by atoms with van der Waals surface area (Å²) in [5.74, 6) is -0.303. The van der Waals surface area contributed by atoms with Gasteiger partial charge in [-0.3, -0.25) is 4.79 Å². The van der Waals surface area contributed by atoms with Gasteiger partial charge in [0, 0.05) is 6.54 Å². The maximum absolute atomic E-state index is 13.1. The van der Waals surface area contributed by atoms with Crippen molar-refractivity contribution in [3.63, 3.8) is 0 Å². The third-order valence-electron chi connectivity index (χ3n) is 4.86. The topological polar surface area (TPSA) is 29.1 Å². The summed E-state index contributed by atoms with van der Waals surface area (Å²) < 4.78 is 0. The van der Waals surface area contributed by atoms with Crippen molar-refractivity contribution < 1.29 is 4.79 Å². The van der Waals surface area contributed by atoms with Crippen molar-refractivity contribution in [2.45, 2.75) is 12.5 Å². The molecular weight excluding hydrogens is 330 g/mol. The van der Waals surface area contributed by atoms with Gasteiger partial charge in [0.05, 0.1) is 5.92 Å². The maximum Gasteiger partial charge on any atom is 0.232 e. The van der Waals surface area contributed by atoms with Gasteiger partial charge >= 0.3 is 0 Å². The lowest BCUT2D eigenvalue weighted by Gasteiger charge is -2.18. The summed E-state index contributed by atoms with van der Waals surface area (Å²) in [5.41, 5.74) is 3.12. The first kappa shape index (κ1) is 17.0. The predicted octanol–water partition coefficient (Wildman–Crippen LogP) is 5.29. The van der Waals surface area contributed by atoms with Crippen LogP contribution >= 0.6 is 0 Å². The van der Waals surface area contributed by atoms with Gasteiger partial charge in [0.25, 0.3) is 0 Å². The van der Waals surface area contributed by atoms with Gasteiger partial charge in [-0.25, -0.2) is 0 Å². The van der Waals surface area contributed by atoms with E-state index in [9.17, 15) is 4.79 Å². The summed E-state index contributed by atoms with van der Waals surface area (Å²) in [6.45, 7) is 0.510. The van der Waals surface area contributed by atoms with Crippen LogP contribution in [-0.4, -0.2) is 5.91 Å². The molecule has 0 atom stereocenters. The van der Waals surface area contributed by atoms with Crippen LogP contribution in [0.2, 0.25) is 0 Å². The predicted molar refractivity (Wildman–Crippen MR) is 111 cm³/mol. The summed E-state index contributed by atoms with van der Waals surface area (Å²) in [5, 5.41) is 5.51. The van der Waals surface area contributed by atoms with E-state index in [0.717, 1.165) is 16.7 Å². The fraction of sp³-hybridized carbons (Fsp3) is 0.0800. The molecule has 4 aromatic rings. The molecule has 0 bridgehead atoms. The van der Waals surface area contributed by atoms with E-state index in [1.807, 2.05) is 78.9 Å². The van der Waals surface area contributed by atoms with Gasteiger partial charge in [0.15, 0.2) is 0 Å². The average molecular weight is 351 g/mol. The molecule has 0 saturated carbocycles. The number of carbonyl (C=O) groups is 1. The summed E-state index contributed by atoms with van der Waals surface area (Å²) >= 11 is 0. The number of rotatable bonds is 5. The van der Waals surface area contributed by atoms with E-state index < -0.39 is 0 Å². The average Bonchev–Trinajstić information content (AvgIpc) is 2.74. The molecule has 2 heteroatoms. The van der Waals surface area contributed by atoms with E-state index in [1.165, 1.54) is 10.8 Å². The number of benzene rings is 4. The maximum atomic E-state index is 13.1. The Morgan fingerprint density at radius 3 is 1.89 bits per heavy atom. The minimum absolute atomic E-state index is 0.0142. The molecule has 0 saturated heterocycles. The summed E-state index contributed by atoms with van der Waals surface area (Å²) in [7, 11) is 0. The Morgan fingerprint density at radius 1 is 0.667 bits per heavy atom. The van der Waals surface area contributed by atoms with E-state index in [-0.39, 0.29) is 11.8 Å². The first-order valence-electron chi connectivity index (χ1n) is 9.17. The van der Waals surface area contributed by atoms with Crippen molar-refractivity contribution in [1.82, 2.24) is 5.32 Å². The van der Waals surface area contributed by atoms with Crippen LogP contribution in [0.5, 0.6) is 0 Å². The van der Waals surface area contributed by atoms with Crippen LogP contribution < -0.4 is 5.32 Å². The lowest BCUT2D eigenvalue weighted by Crippen LogP contribution is -2.29. The van der Waals surface area contributed by atoms with Crippen molar-refractivity contribution in [1.29, 1.82) is 0 Å². The molecule has 0 fully saturated rings. The third kappa shape index (κ3) is 3.75. The van der Waals surface area contributed by atoms with Crippen molar-refractivity contribution in [3.8, 4) is 0 Å². The highest BCUT2D eigenvalue weighted by molar-refractivity contribution is 5.89. The van der Waals surface area contributed by atoms with Crippen LogP contribution in [0.25, 0.3) is 10.8 Å². The largest absolute Gasteiger partial charge is 0.351 e. The molecule has 0 spiro atoms. The minimum atomic E-state index is -0.317. The van der Waals surface area contributed by atoms with Crippen LogP contribution in [0.3, 0.4) is 0 Å². The summed E-state index contributed by atoms with van der Waals surface area (Å²) in [6.07, 6.45) is 0. The quantitative estimate of drug-likeness (QED) is 0.520. The van der Waals surface area contributed by atoms with Gasteiger partial charge in [0.2, 0.25) is 5.91 Å². The molecule has 0 aliphatic carbocycles. The number of hydrogen-bond donors (Lipinski definition) is 1. The van der Waals surface area contributed by atoms with Crippen molar-refractivity contribution in [2.24, 2.45) is 0 Å². The first-order valence-corrected chi connectivity index (χ1v) is 9.17. The van der Waals surface area contributed by atoms with Gasteiger partial charge in [-0.15, -0.1) is 0 Å². The molecule has 4 rings (SSSR count). The Labute approximate surface area is 159 Å². The summed E-state index contributed by atoms with van der Waals surface area (Å²) in [4.78, 5) is 13.1. The Morgan fingerprint density at radius 2 is 1.22 bits per heavy atom. The molecule has 0 radical (unpaired) electrons. The Balaban J connectivity index is 1.61. The second-order valence-corrected chi connectivity index (χ2v) is 6.61. The Bertz CT molecular complexity index is 997. The molecule has 0 unspecified atom stereocenters. The number of hydrogen-bond acceptors (Lipinski definition) is 1. The fourth-order valence-electron chi connectivity index (χ4n) is 3.52. The van der Waals surface area contributed by atoms with E-state index in [1.54, 1.807) is 0 Å². The summed E-state index contributed by atoms with van der Waals surface area (Å²) in [6, 6.07) is 34.3. The molecule has 27 heavy (non-hydrogen) atoms. The highest BCUT2D eigenvalue weighted by atomic mass is 16.1. The normalized spacial score (nSPS) is 10.9. The van der Waals surface area contributed by atoms with Crippen molar-refractivity contribution in [3.05, 3.63) is 120 Å². The molecular formula is C25H21NO. The highest BCUT2D eigenvalue weighted by Crippen LogP contribution is 2.25. The molecule has 1 N–H and O–H groups in total. The zero-order valence-corrected chi connectivity index (χ0v) is 15.0. The third-order valence-corrected chi connectivity index (χ3v) is 4.86. The standard InChI is InChI=1S/C25H21NO/c27-25(26-18-22-16-9-15-19-10-7-8-17-23(19)22)24(20-11-3-1-4-12-20)21-13-5-2-6-14-21/h1-17,24H,18H2,(H,26,27). The monoisotopic (exact) mass is 351 g/mol. The Kier molecular flexibility index (Phi) is 4.97. The molecule has 0 heterocycles. The highest BCUT2D eigenvalue weighted by Gasteiger charge is 2.22. The molecule has 1 amide bonds. The smallest absolute Gasteiger partial charge is 0.232 e. The molecule has 4 aromatic carbocycles. The van der Waals surface area contributed by atoms with Gasteiger partial charge < -0.3 is 5.32 Å². The fourth-order valence-corrected chi connectivity index (χ4v) is 3.52. The minimum Gasteiger partial charge on any atom is -0.351 e. The van der Waals surface area contributed by atoms with Gasteiger partial charge in [-0.1, -0.05) is 103 Å². The molecule has 132 valence electrons. The van der Waals surface area contributed by atoms with E-state index >= 15 is 0 Å². The van der Waals surface area contributed by atoms with Crippen molar-refractivity contribution in [2.75, 3.05) is 0 Å². The zero-order chi connectivity index (χ0) is 18.5. The van der Waals surface area contributed by atoms with Gasteiger partial charge in [0.1, 0.15) is 0 Å². The molecule has 0 aromatic heterocycles. The first-order chi connectivity index (χ1) is 13.3.